The van der Waals surface area contributed by atoms with Crippen molar-refractivity contribution in [1.29, 1.82) is 0 Å². The maximum Gasteiger partial charge on any atom is 0.190 e. The zero-order valence-electron chi connectivity index (χ0n) is 10.9. The molecule has 0 amide bonds. The summed E-state index contributed by atoms with van der Waals surface area (Å²) in [5.41, 5.74) is 2.39. The van der Waals surface area contributed by atoms with E-state index in [0.29, 0.717) is 15.8 Å². The van der Waals surface area contributed by atoms with Gasteiger partial charge in [0.1, 0.15) is 5.52 Å². The molecule has 0 radical (unpaired) electrons. The number of thioether (sulfide) groups is 2. The zero-order valence-corrected chi connectivity index (χ0v) is 13.3. The van der Waals surface area contributed by atoms with Crippen molar-refractivity contribution in [3.63, 3.8) is 0 Å². The van der Waals surface area contributed by atoms with Crippen molar-refractivity contribution in [3.05, 3.63) is 35.5 Å². The predicted molar refractivity (Wildman–Crippen MR) is 85.2 cm³/mol. The molecule has 4 nitrogen and oxygen atoms in total. The standard InChI is InChI=1S/C13H11ClN4S2/c1-19-12-16-10(14)9-11(17-12)18(13(15-9)20-2)8-6-4-3-5-7-8/h3-7H,1-2H3. The van der Waals surface area contributed by atoms with Gasteiger partial charge in [-0.05, 0) is 24.6 Å². The number of hydrogen-bond acceptors (Lipinski definition) is 5. The van der Waals surface area contributed by atoms with Crippen LogP contribution in [0.5, 0.6) is 0 Å². The molecule has 0 saturated heterocycles. The minimum absolute atomic E-state index is 0.393. The summed E-state index contributed by atoms with van der Waals surface area (Å²) in [6, 6.07) is 10.0. The maximum atomic E-state index is 6.22. The van der Waals surface area contributed by atoms with Crippen molar-refractivity contribution in [1.82, 2.24) is 19.5 Å². The summed E-state index contributed by atoms with van der Waals surface area (Å²) in [4.78, 5) is 13.3. The Morgan fingerprint density at radius 2 is 1.75 bits per heavy atom. The van der Waals surface area contributed by atoms with E-state index < -0.39 is 0 Å². The quantitative estimate of drug-likeness (QED) is 0.415. The van der Waals surface area contributed by atoms with Crippen LogP contribution in [0.15, 0.2) is 40.6 Å². The van der Waals surface area contributed by atoms with E-state index in [1.54, 1.807) is 11.8 Å². The minimum atomic E-state index is 0.393. The van der Waals surface area contributed by atoms with E-state index in [1.165, 1.54) is 11.8 Å². The lowest BCUT2D eigenvalue weighted by Gasteiger charge is -2.07. The lowest BCUT2D eigenvalue weighted by Crippen LogP contribution is -1.98. The fourth-order valence-electron chi connectivity index (χ4n) is 1.92. The monoisotopic (exact) mass is 322 g/mol. The van der Waals surface area contributed by atoms with E-state index in [9.17, 15) is 0 Å². The predicted octanol–water partition coefficient (Wildman–Crippen LogP) is 3.91. The fraction of sp³-hybridized carbons (Fsp3) is 0.154. The molecule has 0 atom stereocenters. The number of benzene rings is 1. The van der Waals surface area contributed by atoms with E-state index in [-0.39, 0.29) is 0 Å². The van der Waals surface area contributed by atoms with Gasteiger partial charge in [-0.15, -0.1) is 0 Å². The molecular weight excluding hydrogens is 312 g/mol. The van der Waals surface area contributed by atoms with E-state index in [4.69, 9.17) is 11.6 Å². The normalized spacial score (nSPS) is 11.2. The molecule has 0 spiro atoms. The van der Waals surface area contributed by atoms with Crippen molar-refractivity contribution in [2.75, 3.05) is 12.5 Å². The molecule has 0 aliphatic rings. The van der Waals surface area contributed by atoms with Gasteiger partial charge >= 0.3 is 0 Å². The van der Waals surface area contributed by atoms with Crippen molar-refractivity contribution < 1.29 is 0 Å². The first-order chi connectivity index (χ1) is 9.74. The maximum absolute atomic E-state index is 6.22. The van der Waals surface area contributed by atoms with Gasteiger partial charge in [-0.3, -0.25) is 4.57 Å². The summed E-state index contributed by atoms with van der Waals surface area (Å²) in [5.74, 6) is 0. The Labute approximate surface area is 130 Å². The average Bonchev–Trinajstić information content (AvgIpc) is 2.87. The molecule has 7 heteroatoms. The molecule has 2 aromatic heterocycles. The van der Waals surface area contributed by atoms with Gasteiger partial charge in [-0.1, -0.05) is 53.3 Å². The molecule has 0 unspecified atom stereocenters. The van der Waals surface area contributed by atoms with Crippen LogP contribution in [0.2, 0.25) is 5.15 Å². The Kier molecular flexibility index (Phi) is 3.87. The number of imidazole rings is 1. The molecule has 0 saturated carbocycles. The highest BCUT2D eigenvalue weighted by Gasteiger charge is 2.17. The fourth-order valence-corrected chi connectivity index (χ4v) is 3.10. The summed E-state index contributed by atoms with van der Waals surface area (Å²) in [5, 5.41) is 1.89. The van der Waals surface area contributed by atoms with Gasteiger partial charge in [0, 0.05) is 5.69 Å². The number of hydrogen-bond donors (Lipinski definition) is 0. The molecule has 20 heavy (non-hydrogen) atoms. The second kappa shape index (κ2) is 5.63. The van der Waals surface area contributed by atoms with Crippen LogP contribution < -0.4 is 0 Å². The molecule has 1 aromatic carbocycles. The van der Waals surface area contributed by atoms with Crippen LogP contribution in [0.4, 0.5) is 0 Å². The number of nitrogens with zero attached hydrogens (tertiary/aromatic N) is 4. The lowest BCUT2D eigenvalue weighted by atomic mass is 10.3. The van der Waals surface area contributed by atoms with Gasteiger partial charge in [0.25, 0.3) is 0 Å². The Bertz CT molecular complexity index is 758. The molecule has 3 aromatic rings. The Balaban J connectivity index is 2.36. The van der Waals surface area contributed by atoms with Gasteiger partial charge in [0.05, 0.1) is 0 Å². The van der Waals surface area contributed by atoms with Crippen molar-refractivity contribution in [2.24, 2.45) is 0 Å². The molecule has 102 valence electrons. The van der Waals surface area contributed by atoms with E-state index in [1.807, 2.05) is 47.4 Å². The van der Waals surface area contributed by atoms with Gasteiger partial charge in [0.2, 0.25) is 0 Å². The number of fused-ring (bicyclic) bond motifs is 1. The highest BCUT2D eigenvalue weighted by molar-refractivity contribution is 7.98. The topological polar surface area (TPSA) is 43.6 Å². The first kappa shape index (κ1) is 13.7. The van der Waals surface area contributed by atoms with Gasteiger partial charge < -0.3 is 0 Å². The number of aromatic nitrogens is 4. The third kappa shape index (κ3) is 2.28. The molecule has 0 fully saturated rings. The van der Waals surface area contributed by atoms with Crippen molar-refractivity contribution >= 4 is 46.3 Å². The summed E-state index contributed by atoms with van der Waals surface area (Å²) in [6.07, 6.45) is 3.91. The molecule has 0 N–H and O–H groups in total. The van der Waals surface area contributed by atoms with Crippen LogP contribution in [-0.2, 0) is 0 Å². The van der Waals surface area contributed by atoms with E-state index in [2.05, 4.69) is 15.0 Å². The molecule has 3 rings (SSSR count). The summed E-state index contributed by atoms with van der Waals surface area (Å²) >= 11 is 9.24. The van der Waals surface area contributed by atoms with Crippen molar-refractivity contribution in [3.8, 4) is 5.69 Å². The molecule has 0 aliphatic carbocycles. The third-order valence-corrected chi connectivity index (χ3v) is 4.24. The van der Waals surface area contributed by atoms with Crippen LogP contribution in [0.1, 0.15) is 0 Å². The largest absolute Gasteiger partial charge is 0.271 e. The number of para-hydroxylation sites is 1. The van der Waals surface area contributed by atoms with Crippen LogP contribution >= 0.6 is 35.1 Å². The highest BCUT2D eigenvalue weighted by Crippen LogP contribution is 2.29. The second-order valence-electron chi connectivity index (χ2n) is 3.94. The summed E-state index contributed by atoms with van der Waals surface area (Å²) in [6.45, 7) is 0. The molecular formula is C13H11ClN4S2. The Morgan fingerprint density at radius 1 is 1.00 bits per heavy atom. The third-order valence-electron chi connectivity index (χ3n) is 2.79. The van der Waals surface area contributed by atoms with Gasteiger partial charge in [-0.2, -0.15) is 0 Å². The summed E-state index contributed by atoms with van der Waals surface area (Å²) in [7, 11) is 0. The lowest BCUT2D eigenvalue weighted by molar-refractivity contribution is 0.897. The first-order valence-corrected chi connectivity index (χ1v) is 8.66. The SMILES string of the molecule is CSc1nc(Cl)c2nc(SC)n(-c3ccccc3)c2n1. The van der Waals surface area contributed by atoms with Crippen LogP contribution in [0.3, 0.4) is 0 Å². The molecule has 0 aliphatic heterocycles. The minimum Gasteiger partial charge on any atom is -0.271 e. The van der Waals surface area contributed by atoms with Crippen LogP contribution in [0, 0.1) is 0 Å². The number of halogens is 1. The molecule has 0 bridgehead atoms. The smallest absolute Gasteiger partial charge is 0.190 e. The number of rotatable bonds is 3. The second-order valence-corrected chi connectivity index (χ2v) is 5.85. The average molecular weight is 323 g/mol. The van der Waals surface area contributed by atoms with Gasteiger partial charge in [-0.25, -0.2) is 15.0 Å². The van der Waals surface area contributed by atoms with Gasteiger partial charge in [0.15, 0.2) is 21.1 Å². The zero-order chi connectivity index (χ0) is 14.1. The van der Waals surface area contributed by atoms with E-state index >= 15 is 0 Å². The van der Waals surface area contributed by atoms with Crippen LogP contribution in [-0.4, -0.2) is 32.0 Å². The Morgan fingerprint density at radius 3 is 2.40 bits per heavy atom. The summed E-state index contributed by atoms with van der Waals surface area (Å²) < 4.78 is 2.01. The Hall–Kier alpha value is -1.24. The first-order valence-electron chi connectivity index (χ1n) is 5.84. The van der Waals surface area contributed by atoms with Crippen LogP contribution in [0.25, 0.3) is 16.9 Å². The van der Waals surface area contributed by atoms with Crippen molar-refractivity contribution in [2.45, 2.75) is 10.3 Å². The highest BCUT2D eigenvalue weighted by atomic mass is 35.5. The molecule has 2 heterocycles. The van der Waals surface area contributed by atoms with E-state index in [0.717, 1.165) is 16.5 Å².